The number of aromatic nitrogens is 1. The highest BCUT2D eigenvalue weighted by Gasteiger charge is 2.44. The van der Waals surface area contributed by atoms with Crippen molar-refractivity contribution in [1.82, 2.24) is 20.5 Å². The van der Waals surface area contributed by atoms with Crippen molar-refractivity contribution in [3.63, 3.8) is 0 Å². The van der Waals surface area contributed by atoms with Gasteiger partial charge < -0.3 is 20.6 Å². The maximum absolute atomic E-state index is 13.1. The number of aliphatic hydroxyl groups is 1. The third-order valence-electron chi connectivity index (χ3n) is 6.08. The summed E-state index contributed by atoms with van der Waals surface area (Å²) in [4.78, 5) is 33.0. The minimum atomic E-state index is -0.664. The molecular formula is C23H30N4O3S. The molecule has 2 heterocycles. The first-order chi connectivity index (χ1) is 15.0. The number of benzene rings is 1. The largest absolute Gasteiger partial charge is 0.391 e. The summed E-state index contributed by atoms with van der Waals surface area (Å²) in [5.74, 6) is 0.0678. The van der Waals surface area contributed by atoms with Crippen LogP contribution in [0, 0.1) is 12.8 Å². The number of amides is 2. The lowest BCUT2D eigenvalue weighted by molar-refractivity contribution is -0.140. The number of nitrogens with one attached hydrogen (secondary N) is 2. The summed E-state index contributed by atoms with van der Waals surface area (Å²) in [6, 6.07) is 7.18. The van der Waals surface area contributed by atoms with Crippen molar-refractivity contribution in [3.8, 4) is 10.4 Å². The van der Waals surface area contributed by atoms with Gasteiger partial charge in [-0.2, -0.15) is 0 Å². The van der Waals surface area contributed by atoms with E-state index in [4.69, 9.17) is 0 Å². The Kier molecular flexibility index (Phi) is 6.69. The van der Waals surface area contributed by atoms with Gasteiger partial charge in [0.1, 0.15) is 6.04 Å². The molecular weight excluding hydrogens is 412 g/mol. The van der Waals surface area contributed by atoms with E-state index < -0.39 is 12.1 Å². The number of nitrogens with zero attached hydrogens (tertiary/aromatic N) is 2. The normalized spacial score (nSPS) is 21.8. The first kappa shape index (κ1) is 21.9. The van der Waals surface area contributed by atoms with Crippen LogP contribution in [0.3, 0.4) is 0 Å². The van der Waals surface area contributed by atoms with Crippen molar-refractivity contribution in [2.75, 3.05) is 13.1 Å². The zero-order chi connectivity index (χ0) is 22.0. The van der Waals surface area contributed by atoms with Crippen molar-refractivity contribution >= 4 is 23.2 Å². The van der Waals surface area contributed by atoms with Crippen LogP contribution in [0.15, 0.2) is 29.8 Å². The average Bonchev–Trinajstić information content (AvgIpc) is 3.40. The number of likely N-dealkylation sites (tertiary alicyclic amines) is 1. The topological polar surface area (TPSA) is 94.6 Å². The molecule has 1 aromatic carbocycles. The van der Waals surface area contributed by atoms with Crippen LogP contribution < -0.4 is 10.6 Å². The minimum absolute atomic E-state index is 0.0645. The molecule has 0 spiro atoms. The van der Waals surface area contributed by atoms with E-state index in [1.165, 1.54) is 0 Å². The number of likely N-dealkylation sites (N-methyl/N-ethyl adjacent to an activating group) is 1. The molecule has 2 fully saturated rings. The van der Waals surface area contributed by atoms with E-state index in [0.717, 1.165) is 34.5 Å². The van der Waals surface area contributed by atoms with Crippen molar-refractivity contribution in [1.29, 1.82) is 0 Å². The minimum Gasteiger partial charge on any atom is -0.391 e. The predicted octanol–water partition coefficient (Wildman–Crippen LogP) is 2.08. The Balaban J connectivity index is 1.37. The number of hydrogen-bond acceptors (Lipinski definition) is 6. The van der Waals surface area contributed by atoms with Crippen LogP contribution in [0.4, 0.5) is 0 Å². The van der Waals surface area contributed by atoms with E-state index in [-0.39, 0.29) is 30.8 Å². The molecule has 4 rings (SSSR count). The molecule has 1 aliphatic carbocycles. The maximum Gasteiger partial charge on any atom is 0.243 e. The van der Waals surface area contributed by atoms with Gasteiger partial charge in [0.15, 0.2) is 0 Å². The van der Waals surface area contributed by atoms with E-state index in [2.05, 4.69) is 15.6 Å². The number of aliphatic hydroxyl groups excluding tert-OH is 1. The smallest absolute Gasteiger partial charge is 0.243 e. The summed E-state index contributed by atoms with van der Waals surface area (Å²) >= 11 is 1.61. The van der Waals surface area contributed by atoms with Gasteiger partial charge in [-0.1, -0.05) is 31.2 Å². The first-order valence-corrected chi connectivity index (χ1v) is 11.8. The monoisotopic (exact) mass is 442 g/mol. The van der Waals surface area contributed by atoms with Gasteiger partial charge in [-0.25, -0.2) is 4.98 Å². The number of carbonyl (C=O) groups excluding carboxylic acids is 2. The fraction of sp³-hybridized carbons (Fsp3) is 0.522. The number of β-amino-alcohol motifs (C(OH)–C–C–N with tert-alkyl or cyclic N) is 1. The Hall–Kier alpha value is -2.29. The number of aryl methyl sites for hydroxylation is 1. The Morgan fingerprint density at radius 3 is 2.65 bits per heavy atom. The van der Waals surface area contributed by atoms with Crippen molar-refractivity contribution in [3.05, 3.63) is 41.0 Å². The molecule has 0 unspecified atom stereocenters. The molecule has 1 saturated heterocycles. The number of hydrogen-bond donors (Lipinski definition) is 3. The molecule has 2 aromatic rings. The SMILES string of the molecule is CCN[C@H](C(=O)N1C[C@H](O)C[C@H]1C(=O)NCc1ccc(-c2scnc2C)cc1)C1CC1. The number of carbonyl (C=O) groups is 2. The van der Waals surface area contributed by atoms with Gasteiger partial charge >= 0.3 is 0 Å². The third-order valence-corrected chi connectivity index (χ3v) is 7.05. The maximum atomic E-state index is 13.1. The summed E-state index contributed by atoms with van der Waals surface area (Å²) in [6.07, 6.45) is 1.69. The summed E-state index contributed by atoms with van der Waals surface area (Å²) in [7, 11) is 0. The lowest BCUT2D eigenvalue weighted by Gasteiger charge is -2.28. The highest BCUT2D eigenvalue weighted by molar-refractivity contribution is 7.13. The molecule has 7 nitrogen and oxygen atoms in total. The van der Waals surface area contributed by atoms with E-state index in [0.29, 0.717) is 19.0 Å². The molecule has 8 heteroatoms. The van der Waals surface area contributed by atoms with Gasteiger partial charge in [0.2, 0.25) is 11.8 Å². The third kappa shape index (κ3) is 4.97. The molecule has 166 valence electrons. The fourth-order valence-electron chi connectivity index (χ4n) is 4.25. The van der Waals surface area contributed by atoms with Crippen LogP contribution in [-0.4, -0.2) is 58.1 Å². The molecule has 3 atom stereocenters. The molecule has 31 heavy (non-hydrogen) atoms. The van der Waals surface area contributed by atoms with Crippen molar-refractivity contribution < 1.29 is 14.7 Å². The second kappa shape index (κ2) is 9.46. The molecule has 1 aromatic heterocycles. The van der Waals surface area contributed by atoms with Gasteiger partial charge in [0.25, 0.3) is 0 Å². The van der Waals surface area contributed by atoms with Crippen molar-refractivity contribution in [2.45, 2.75) is 57.8 Å². The Morgan fingerprint density at radius 2 is 2.03 bits per heavy atom. The van der Waals surface area contributed by atoms with Crippen LogP contribution in [0.25, 0.3) is 10.4 Å². The summed E-state index contributed by atoms with van der Waals surface area (Å²) < 4.78 is 0. The van der Waals surface area contributed by atoms with E-state index >= 15 is 0 Å². The number of rotatable bonds is 8. The molecule has 0 radical (unpaired) electrons. The molecule has 2 aliphatic rings. The van der Waals surface area contributed by atoms with Gasteiger partial charge in [-0.15, -0.1) is 11.3 Å². The Labute approximate surface area is 186 Å². The molecule has 0 bridgehead atoms. The van der Waals surface area contributed by atoms with E-state index in [1.807, 2.05) is 43.6 Å². The van der Waals surface area contributed by atoms with Gasteiger partial charge in [-0.3, -0.25) is 9.59 Å². The molecule has 1 saturated carbocycles. The highest BCUT2D eigenvalue weighted by atomic mass is 32.1. The highest BCUT2D eigenvalue weighted by Crippen LogP contribution is 2.34. The fourth-order valence-corrected chi connectivity index (χ4v) is 5.06. The van der Waals surface area contributed by atoms with E-state index in [9.17, 15) is 14.7 Å². The second-order valence-corrected chi connectivity index (χ2v) is 9.31. The van der Waals surface area contributed by atoms with Crippen LogP contribution in [0.5, 0.6) is 0 Å². The molecule has 2 amide bonds. The van der Waals surface area contributed by atoms with Crippen LogP contribution in [0.2, 0.25) is 0 Å². The van der Waals surface area contributed by atoms with Gasteiger partial charge in [-0.05, 0) is 43.4 Å². The standard InChI is InChI=1S/C23H30N4O3S/c1-3-24-20(16-8-9-16)23(30)27-12-18(28)10-19(27)22(29)25-11-15-4-6-17(7-5-15)21-14(2)26-13-31-21/h4-7,13,16,18-20,24,28H,3,8-12H2,1-2H3,(H,25,29)/t18-,19+,20+/m1/s1. The lowest BCUT2D eigenvalue weighted by atomic mass is 10.1. The molecule has 1 aliphatic heterocycles. The quantitative estimate of drug-likeness (QED) is 0.582. The second-order valence-electron chi connectivity index (χ2n) is 8.45. The van der Waals surface area contributed by atoms with Crippen LogP contribution in [0.1, 0.15) is 37.4 Å². The van der Waals surface area contributed by atoms with Crippen molar-refractivity contribution in [2.24, 2.45) is 5.92 Å². The zero-order valence-electron chi connectivity index (χ0n) is 18.0. The van der Waals surface area contributed by atoms with E-state index in [1.54, 1.807) is 16.2 Å². The summed E-state index contributed by atoms with van der Waals surface area (Å²) in [5, 5.41) is 16.4. The summed E-state index contributed by atoms with van der Waals surface area (Å²) in [6.45, 7) is 5.28. The Bertz CT molecular complexity index is 925. The van der Waals surface area contributed by atoms with Gasteiger partial charge in [0, 0.05) is 19.5 Å². The van der Waals surface area contributed by atoms with Crippen LogP contribution in [-0.2, 0) is 16.1 Å². The first-order valence-electron chi connectivity index (χ1n) is 11.0. The average molecular weight is 443 g/mol. The Morgan fingerprint density at radius 1 is 1.29 bits per heavy atom. The molecule has 3 N–H and O–H groups in total. The van der Waals surface area contributed by atoms with Crippen LogP contribution >= 0.6 is 11.3 Å². The lowest BCUT2D eigenvalue weighted by Crippen LogP contribution is -2.53. The van der Waals surface area contributed by atoms with Gasteiger partial charge in [0.05, 0.1) is 28.2 Å². The summed E-state index contributed by atoms with van der Waals surface area (Å²) in [5.41, 5.74) is 4.95. The number of thiazole rings is 1. The predicted molar refractivity (Wildman–Crippen MR) is 120 cm³/mol. The zero-order valence-corrected chi connectivity index (χ0v) is 18.8.